The van der Waals surface area contributed by atoms with E-state index in [9.17, 15) is 35.1 Å². The van der Waals surface area contributed by atoms with Crippen molar-refractivity contribution in [1.82, 2.24) is 48.6 Å². The van der Waals surface area contributed by atoms with Gasteiger partial charge in [-0.15, -0.1) is 0 Å². The molecular formula is C50H42F8N10O2. The second-order valence-electron chi connectivity index (χ2n) is 16.7. The molecule has 2 aliphatic heterocycles. The zero-order valence-corrected chi connectivity index (χ0v) is 37.9. The van der Waals surface area contributed by atoms with E-state index in [4.69, 9.17) is 9.47 Å². The third kappa shape index (κ3) is 9.57. The molecule has 0 unspecified atom stereocenters. The van der Waals surface area contributed by atoms with Gasteiger partial charge in [-0.2, -0.15) is 10.2 Å². The van der Waals surface area contributed by atoms with Gasteiger partial charge in [0.25, 0.3) is 0 Å². The highest BCUT2D eigenvalue weighted by molar-refractivity contribution is 5.70. The van der Waals surface area contributed by atoms with Crippen LogP contribution in [0.15, 0.2) is 73.6 Å². The predicted molar refractivity (Wildman–Crippen MR) is 242 cm³/mol. The summed E-state index contributed by atoms with van der Waals surface area (Å²) in [7, 11) is 3.00. The number of aryl methyl sites for hydroxylation is 4. The van der Waals surface area contributed by atoms with E-state index < -0.39 is 58.4 Å². The molecule has 2 aliphatic rings. The number of nitrogens with zero attached hydrogens (tertiary/aromatic N) is 10. The number of imidazole rings is 2. The minimum Gasteiger partial charge on any atom is -0.495 e. The van der Waals surface area contributed by atoms with Gasteiger partial charge in [0, 0.05) is 60.6 Å². The Labute approximate surface area is 395 Å². The lowest BCUT2D eigenvalue weighted by molar-refractivity contribution is 0.411. The Morgan fingerprint density at radius 1 is 0.514 bits per heavy atom. The van der Waals surface area contributed by atoms with Gasteiger partial charge < -0.3 is 18.6 Å². The van der Waals surface area contributed by atoms with E-state index >= 15 is 0 Å². The summed E-state index contributed by atoms with van der Waals surface area (Å²) in [6, 6.07) is 9.83. The normalized spacial score (nSPS) is 15.5. The van der Waals surface area contributed by atoms with Crippen LogP contribution < -0.4 is 9.47 Å². The summed E-state index contributed by atoms with van der Waals surface area (Å²) in [6.07, 6.45) is 15.5. The maximum absolute atomic E-state index is 14.9. The summed E-state index contributed by atoms with van der Waals surface area (Å²) in [5.74, 6) is -7.16. The van der Waals surface area contributed by atoms with Crippen molar-refractivity contribution >= 4 is 24.3 Å². The molecule has 4 aromatic heterocycles. The van der Waals surface area contributed by atoms with Crippen molar-refractivity contribution in [3.8, 4) is 22.9 Å². The molecule has 4 aromatic carbocycles. The molecule has 0 aliphatic carbocycles. The maximum Gasteiger partial charge on any atom is 0.194 e. The van der Waals surface area contributed by atoms with Gasteiger partial charge >= 0.3 is 0 Å². The van der Waals surface area contributed by atoms with Crippen molar-refractivity contribution in [1.29, 1.82) is 0 Å². The molecule has 2 atom stereocenters. The molecule has 12 nitrogen and oxygen atoms in total. The largest absolute Gasteiger partial charge is 0.495 e. The van der Waals surface area contributed by atoms with Crippen molar-refractivity contribution in [3.05, 3.63) is 177 Å². The molecule has 0 amide bonds. The molecule has 70 heavy (non-hydrogen) atoms. The lowest BCUT2D eigenvalue weighted by Crippen LogP contribution is -2.18. The third-order valence-corrected chi connectivity index (χ3v) is 12.0. The van der Waals surface area contributed by atoms with Crippen molar-refractivity contribution in [2.75, 3.05) is 14.2 Å². The highest BCUT2D eigenvalue weighted by Gasteiger charge is 2.29. The smallest absolute Gasteiger partial charge is 0.194 e. The van der Waals surface area contributed by atoms with Crippen molar-refractivity contribution < 1.29 is 44.6 Å². The molecule has 0 saturated heterocycles. The minimum atomic E-state index is -1.50. The molecule has 0 spiro atoms. The van der Waals surface area contributed by atoms with Gasteiger partial charge in [0.15, 0.2) is 46.6 Å². The van der Waals surface area contributed by atoms with E-state index in [-0.39, 0.29) is 11.1 Å². The average molecular weight is 967 g/mol. The summed E-state index contributed by atoms with van der Waals surface area (Å²) in [4.78, 5) is 17.3. The SMILES string of the molecule is COc1cc(/C=C/c2nc3n(n2)CCC[C@@H]3c2cc(F)c(F)c(F)c2)c(F)cc1-n1cnc(C)c1.COc1cc(/C=C/c2nc3n(n2)CCC[C@H]3c2cc(F)c(F)c(F)c2)c(F)cc1-n1cnc(C)c1. The molecule has 0 radical (unpaired) electrons. The van der Waals surface area contributed by atoms with Gasteiger partial charge in [-0.3, -0.25) is 0 Å². The number of hydrogen-bond donors (Lipinski definition) is 0. The molecule has 8 aromatic rings. The summed E-state index contributed by atoms with van der Waals surface area (Å²) in [5.41, 5.74) is 3.74. The topological polar surface area (TPSA) is 116 Å². The zero-order valence-electron chi connectivity index (χ0n) is 37.9. The molecule has 0 fully saturated rings. The summed E-state index contributed by atoms with van der Waals surface area (Å²) >= 11 is 0. The monoisotopic (exact) mass is 966 g/mol. The van der Waals surface area contributed by atoms with Crippen LogP contribution in [0.1, 0.15) is 94.5 Å². The van der Waals surface area contributed by atoms with Gasteiger partial charge in [-0.1, -0.05) is 0 Å². The van der Waals surface area contributed by atoms with Crippen LogP contribution >= 0.6 is 0 Å². The molecule has 20 heteroatoms. The first-order valence-corrected chi connectivity index (χ1v) is 22.0. The molecule has 6 heterocycles. The molecule has 0 N–H and O–H groups in total. The Morgan fingerprint density at radius 2 is 0.900 bits per heavy atom. The van der Waals surface area contributed by atoms with Gasteiger partial charge in [0.2, 0.25) is 0 Å². The molecule has 360 valence electrons. The summed E-state index contributed by atoms with van der Waals surface area (Å²) in [5, 5.41) is 8.87. The molecule has 0 saturated carbocycles. The fraction of sp³-hybridized carbons (Fsp3) is 0.240. The van der Waals surface area contributed by atoms with E-state index in [1.807, 2.05) is 13.8 Å². The number of halogens is 8. The number of aromatic nitrogens is 10. The van der Waals surface area contributed by atoms with Crippen molar-refractivity contribution in [3.63, 3.8) is 0 Å². The van der Waals surface area contributed by atoms with E-state index in [0.29, 0.717) is 96.1 Å². The first-order chi connectivity index (χ1) is 33.7. The number of methoxy groups -OCH3 is 2. The molecule has 10 rings (SSSR count). The number of ether oxygens (including phenoxy) is 2. The van der Waals surface area contributed by atoms with Crippen LogP contribution in [0.4, 0.5) is 35.1 Å². The number of rotatable bonds is 10. The van der Waals surface area contributed by atoms with E-state index in [0.717, 1.165) is 35.7 Å². The highest BCUT2D eigenvalue weighted by Crippen LogP contribution is 2.36. The second-order valence-corrected chi connectivity index (χ2v) is 16.7. The Bertz CT molecular complexity index is 3060. The van der Waals surface area contributed by atoms with E-state index in [1.165, 1.54) is 38.5 Å². The van der Waals surface area contributed by atoms with Crippen molar-refractivity contribution in [2.24, 2.45) is 0 Å². The quantitative estimate of drug-likeness (QED) is 0.0983. The number of benzene rings is 4. The molecular weight excluding hydrogens is 925 g/mol. The third-order valence-electron chi connectivity index (χ3n) is 12.0. The first kappa shape index (κ1) is 47.2. The van der Waals surface area contributed by atoms with Gasteiger partial charge in [-0.25, -0.2) is 64.4 Å². The highest BCUT2D eigenvalue weighted by atomic mass is 19.2. The molecule has 0 bridgehead atoms. The van der Waals surface area contributed by atoms with Crippen LogP contribution in [0.5, 0.6) is 11.5 Å². The van der Waals surface area contributed by atoms with Gasteiger partial charge in [0.1, 0.15) is 34.8 Å². The van der Waals surface area contributed by atoms with Crippen LogP contribution in [0.2, 0.25) is 0 Å². The lowest BCUT2D eigenvalue weighted by Gasteiger charge is -2.22. The second kappa shape index (κ2) is 19.6. The predicted octanol–water partition coefficient (Wildman–Crippen LogP) is 10.9. The van der Waals surface area contributed by atoms with Crippen molar-refractivity contribution in [2.45, 2.75) is 64.5 Å². The van der Waals surface area contributed by atoms with E-state index in [2.05, 4.69) is 30.1 Å². The Hall–Kier alpha value is -7.90. The Morgan fingerprint density at radius 3 is 1.24 bits per heavy atom. The standard InChI is InChI=1S/2C25H21F4N5O/c2*1-14-12-33(13-30-14)21-11-18(26)15(10-22(21)35-2)5-6-23-31-25-17(4-3-7-34(25)32-23)16-8-19(27)24(29)20(28)9-16/h2*5-6,8-13,17H,3-4,7H2,1-2H3/b2*6-5+/t2*17-/m10/s1. The van der Waals surface area contributed by atoms with E-state index in [1.54, 1.807) is 67.8 Å². The summed E-state index contributed by atoms with van der Waals surface area (Å²) < 4.78 is 129. The Balaban J connectivity index is 0.000000174. The Kier molecular flexibility index (Phi) is 13.2. The zero-order chi connectivity index (χ0) is 49.4. The van der Waals surface area contributed by atoms with Gasteiger partial charge in [-0.05, 0) is 111 Å². The van der Waals surface area contributed by atoms with Crippen LogP contribution in [0, 0.1) is 60.4 Å². The van der Waals surface area contributed by atoms with Crippen LogP contribution in [0.3, 0.4) is 0 Å². The number of fused-ring (bicyclic) bond motifs is 2. The average Bonchev–Trinajstić information content (AvgIpc) is 4.18. The maximum atomic E-state index is 14.9. The fourth-order valence-corrected chi connectivity index (χ4v) is 8.60. The van der Waals surface area contributed by atoms with Crippen LogP contribution in [-0.4, -0.2) is 62.9 Å². The van der Waals surface area contributed by atoms with Crippen LogP contribution in [-0.2, 0) is 13.1 Å². The van der Waals surface area contributed by atoms with Crippen LogP contribution in [0.25, 0.3) is 35.7 Å². The first-order valence-electron chi connectivity index (χ1n) is 22.0. The fourth-order valence-electron chi connectivity index (χ4n) is 8.60. The summed E-state index contributed by atoms with van der Waals surface area (Å²) in [6.45, 7) is 4.84. The minimum absolute atomic E-state index is 0.273. The number of hydrogen-bond acceptors (Lipinski definition) is 8. The lowest BCUT2D eigenvalue weighted by atomic mass is 9.91. The van der Waals surface area contributed by atoms with Gasteiger partial charge in [0.05, 0.1) is 49.6 Å².